The highest BCUT2D eigenvalue weighted by Gasteiger charge is 2.21. The van der Waals surface area contributed by atoms with Crippen molar-refractivity contribution >= 4 is 34.8 Å². The Balaban J connectivity index is 1.49. The predicted octanol–water partition coefficient (Wildman–Crippen LogP) is 3.39. The average Bonchev–Trinajstić information content (AvgIpc) is 2.77. The van der Waals surface area contributed by atoms with E-state index in [9.17, 15) is 9.59 Å². The third-order valence-electron chi connectivity index (χ3n) is 5.33. The second-order valence-electron chi connectivity index (χ2n) is 7.18. The molecule has 1 aliphatic heterocycles. The van der Waals surface area contributed by atoms with Gasteiger partial charge in [-0.2, -0.15) is 0 Å². The molecule has 0 spiro atoms. The Morgan fingerprint density at radius 2 is 1.76 bits per heavy atom. The predicted molar refractivity (Wildman–Crippen MR) is 117 cm³/mol. The van der Waals surface area contributed by atoms with Crippen LogP contribution in [0.3, 0.4) is 0 Å². The summed E-state index contributed by atoms with van der Waals surface area (Å²) in [7, 11) is 1.80. The van der Waals surface area contributed by atoms with Crippen LogP contribution in [-0.4, -0.2) is 54.9 Å². The monoisotopic (exact) mass is 414 g/mol. The van der Waals surface area contributed by atoms with Crippen molar-refractivity contribution < 1.29 is 9.59 Å². The minimum Gasteiger partial charge on any atom is -0.368 e. The molecule has 0 aliphatic carbocycles. The normalized spacial score (nSPS) is 14.0. The second kappa shape index (κ2) is 9.74. The van der Waals surface area contributed by atoms with Gasteiger partial charge >= 0.3 is 0 Å². The molecule has 1 aromatic heterocycles. The van der Waals surface area contributed by atoms with Crippen LogP contribution in [0.1, 0.15) is 25.3 Å². The molecule has 29 heavy (non-hydrogen) atoms. The summed E-state index contributed by atoms with van der Waals surface area (Å²) >= 11 is 5.80. The number of aryl methyl sites for hydroxylation is 1. The third kappa shape index (κ3) is 5.48. The number of nitrogens with zero attached hydrogens (tertiary/aromatic N) is 4. The first kappa shape index (κ1) is 21.1. The van der Waals surface area contributed by atoms with E-state index in [2.05, 4.69) is 9.88 Å². The molecule has 0 atom stereocenters. The van der Waals surface area contributed by atoms with Gasteiger partial charge in [0, 0.05) is 63.6 Å². The fraction of sp³-hybridized carbons (Fsp3) is 0.409. The summed E-state index contributed by atoms with van der Waals surface area (Å²) in [6.07, 6.45) is 3.37. The minimum absolute atomic E-state index is 0.0965. The molecule has 2 aromatic rings. The van der Waals surface area contributed by atoms with E-state index in [0.29, 0.717) is 37.5 Å². The van der Waals surface area contributed by atoms with Gasteiger partial charge in [-0.05, 0) is 42.3 Å². The van der Waals surface area contributed by atoms with Crippen molar-refractivity contribution in [1.82, 2.24) is 9.88 Å². The number of anilines is 2. The Morgan fingerprint density at radius 3 is 2.34 bits per heavy atom. The number of aromatic nitrogens is 1. The first-order valence-corrected chi connectivity index (χ1v) is 10.4. The van der Waals surface area contributed by atoms with E-state index in [-0.39, 0.29) is 11.8 Å². The highest BCUT2D eigenvalue weighted by molar-refractivity contribution is 6.29. The molecular weight excluding hydrogens is 388 g/mol. The smallest absolute Gasteiger partial charge is 0.226 e. The molecule has 0 saturated carbocycles. The van der Waals surface area contributed by atoms with Crippen LogP contribution in [0.25, 0.3) is 0 Å². The lowest BCUT2D eigenvalue weighted by Gasteiger charge is -2.36. The Labute approximate surface area is 177 Å². The van der Waals surface area contributed by atoms with Crippen molar-refractivity contribution in [2.75, 3.05) is 43.0 Å². The highest BCUT2D eigenvalue weighted by atomic mass is 35.5. The summed E-state index contributed by atoms with van der Waals surface area (Å²) in [5.74, 6) is 0.272. The zero-order chi connectivity index (χ0) is 20.8. The van der Waals surface area contributed by atoms with Crippen LogP contribution < -0.4 is 9.80 Å². The van der Waals surface area contributed by atoms with Gasteiger partial charge in [0.05, 0.1) is 0 Å². The van der Waals surface area contributed by atoms with E-state index in [1.807, 2.05) is 42.2 Å². The fourth-order valence-electron chi connectivity index (χ4n) is 3.45. The maximum absolute atomic E-state index is 12.5. The van der Waals surface area contributed by atoms with Crippen molar-refractivity contribution in [2.45, 2.75) is 26.2 Å². The maximum Gasteiger partial charge on any atom is 0.226 e. The van der Waals surface area contributed by atoms with Gasteiger partial charge in [-0.1, -0.05) is 24.6 Å². The maximum atomic E-state index is 12.5. The zero-order valence-electron chi connectivity index (χ0n) is 17.0. The summed E-state index contributed by atoms with van der Waals surface area (Å²) in [5.41, 5.74) is 3.03. The highest BCUT2D eigenvalue weighted by Crippen LogP contribution is 2.22. The quantitative estimate of drug-likeness (QED) is 0.680. The standard InChI is InChI=1S/C22H27ClN4O2/c1-3-21(28)25(2)18-6-8-19(9-7-18)26-12-14-27(15-13-26)22(29)11-5-17-4-10-20(23)24-16-17/h4,6-10,16H,3,5,11-15H2,1-2H3. The van der Waals surface area contributed by atoms with Crippen molar-refractivity contribution in [3.8, 4) is 0 Å². The lowest BCUT2D eigenvalue weighted by molar-refractivity contribution is -0.131. The van der Waals surface area contributed by atoms with Crippen molar-refractivity contribution in [3.05, 3.63) is 53.3 Å². The van der Waals surface area contributed by atoms with Crippen molar-refractivity contribution in [1.29, 1.82) is 0 Å². The Morgan fingerprint density at radius 1 is 1.07 bits per heavy atom. The number of hydrogen-bond donors (Lipinski definition) is 0. The number of hydrogen-bond acceptors (Lipinski definition) is 4. The number of rotatable bonds is 6. The van der Waals surface area contributed by atoms with Gasteiger partial charge in [0.2, 0.25) is 11.8 Å². The Kier molecular flexibility index (Phi) is 7.09. The topological polar surface area (TPSA) is 56.8 Å². The molecule has 1 saturated heterocycles. The molecule has 0 bridgehead atoms. The number of carbonyl (C=O) groups excluding carboxylic acids is 2. The van der Waals surface area contributed by atoms with Crippen LogP contribution >= 0.6 is 11.6 Å². The minimum atomic E-state index is 0.0965. The van der Waals surface area contributed by atoms with Crippen LogP contribution in [0.15, 0.2) is 42.6 Å². The molecule has 154 valence electrons. The van der Waals surface area contributed by atoms with Crippen molar-refractivity contribution in [3.63, 3.8) is 0 Å². The summed E-state index contributed by atoms with van der Waals surface area (Å²) < 4.78 is 0. The lowest BCUT2D eigenvalue weighted by atomic mass is 10.1. The van der Waals surface area contributed by atoms with Crippen LogP contribution in [0, 0.1) is 0 Å². The molecule has 1 fully saturated rings. The van der Waals surface area contributed by atoms with Gasteiger partial charge in [0.15, 0.2) is 0 Å². The van der Waals surface area contributed by atoms with Gasteiger partial charge in [-0.25, -0.2) is 4.98 Å². The van der Waals surface area contributed by atoms with E-state index in [1.54, 1.807) is 24.2 Å². The Bertz CT molecular complexity index is 831. The molecule has 0 N–H and O–H groups in total. The van der Waals surface area contributed by atoms with Crippen LogP contribution in [0.5, 0.6) is 0 Å². The molecule has 6 nitrogen and oxygen atoms in total. The molecule has 7 heteroatoms. The summed E-state index contributed by atoms with van der Waals surface area (Å²) in [4.78, 5) is 34.3. The second-order valence-corrected chi connectivity index (χ2v) is 7.57. The number of pyridine rings is 1. The molecule has 0 radical (unpaired) electrons. The number of piperazine rings is 1. The van der Waals surface area contributed by atoms with E-state index in [0.717, 1.165) is 30.0 Å². The lowest BCUT2D eigenvalue weighted by Crippen LogP contribution is -2.48. The van der Waals surface area contributed by atoms with Gasteiger partial charge in [-0.3, -0.25) is 9.59 Å². The summed E-state index contributed by atoms with van der Waals surface area (Å²) in [5, 5.41) is 0.466. The van der Waals surface area contributed by atoms with E-state index >= 15 is 0 Å². The number of halogens is 1. The van der Waals surface area contributed by atoms with E-state index in [1.165, 1.54) is 0 Å². The van der Waals surface area contributed by atoms with Gasteiger partial charge in [0.25, 0.3) is 0 Å². The molecular formula is C22H27ClN4O2. The van der Waals surface area contributed by atoms with E-state index in [4.69, 9.17) is 11.6 Å². The molecule has 0 unspecified atom stereocenters. The average molecular weight is 415 g/mol. The SMILES string of the molecule is CCC(=O)N(C)c1ccc(N2CCN(C(=O)CCc3ccc(Cl)nc3)CC2)cc1. The largest absolute Gasteiger partial charge is 0.368 e. The first-order chi connectivity index (χ1) is 14.0. The van der Waals surface area contributed by atoms with Crippen LogP contribution in [0.2, 0.25) is 5.15 Å². The van der Waals surface area contributed by atoms with Gasteiger partial charge in [0.1, 0.15) is 5.15 Å². The van der Waals surface area contributed by atoms with Crippen LogP contribution in [0.4, 0.5) is 11.4 Å². The third-order valence-corrected chi connectivity index (χ3v) is 5.55. The fourth-order valence-corrected chi connectivity index (χ4v) is 3.56. The van der Waals surface area contributed by atoms with Gasteiger partial charge < -0.3 is 14.7 Å². The van der Waals surface area contributed by atoms with Crippen molar-refractivity contribution in [2.24, 2.45) is 0 Å². The molecule has 1 aromatic carbocycles. The number of amides is 2. The first-order valence-electron chi connectivity index (χ1n) is 9.97. The molecule has 3 rings (SSSR count). The summed E-state index contributed by atoms with van der Waals surface area (Å²) in [6.45, 7) is 4.90. The zero-order valence-corrected chi connectivity index (χ0v) is 17.7. The molecule has 1 aliphatic rings. The molecule has 2 heterocycles. The molecule has 2 amide bonds. The number of carbonyl (C=O) groups is 2. The van der Waals surface area contributed by atoms with Gasteiger partial charge in [-0.15, -0.1) is 0 Å². The Hall–Kier alpha value is -2.60. The van der Waals surface area contributed by atoms with E-state index < -0.39 is 0 Å². The number of benzene rings is 1. The summed E-state index contributed by atoms with van der Waals surface area (Å²) in [6, 6.07) is 11.7. The van der Waals surface area contributed by atoms with Crippen LogP contribution in [-0.2, 0) is 16.0 Å².